The lowest BCUT2D eigenvalue weighted by atomic mass is 10.1. The summed E-state index contributed by atoms with van der Waals surface area (Å²) in [5, 5.41) is 3.35. The highest BCUT2D eigenvalue weighted by Gasteiger charge is 2.00. The van der Waals surface area contributed by atoms with E-state index in [0.29, 0.717) is 12.1 Å². The van der Waals surface area contributed by atoms with E-state index in [0.717, 1.165) is 17.8 Å². The zero-order chi connectivity index (χ0) is 14.5. The zero-order valence-corrected chi connectivity index (χ0v) is 12.3. The fourth-order valence-corrected chi connectivity index (χ4v) is 2.11. The number of anilines is 1. The van der Waals surface area contributed by atoms with E-state index in [4.69, 9.17) is 0 Å². The van der Waals surface area contributed by atoms with Gasteiger partial charge < -0.3 is 10.2 Å². The smallest absolute Gasteiger partial charge is 0.126 e. The second kappa shape index (κ2) is 6.53. The van der Waals surface area contributed by atoms with Crippen LogP contribution in [-0.2, 0) is 13.1 Å². The van der Waals surface area contributed by atoms with E-state index < -0.39 is 0 Å². The van der Waals surface area contributed by atoms with Crippen LogP contribution in [0.2, 0.25) is 0 Å². The predicted molar refractivity (Wildman–Crippen MR) is 82.3 cm³/mol. The van der Waals surface area contributed by atoms with E-state index in [-0.39, 0.29) is 5.82 Å². The number of hydrogen-bond acceptors (Lipinski definition) is 2. The third-order valence-electron chi connectivity index (χ3n) is 3.17. The van der Waals surface area contributed by atoms with E-state index in [9.17, 15) is 4.39 Å². The van der Waals surface area contributed by atoms with Crippen molar-refractivity contribution in [2.24, 2.45) is 0 Å². The molecule has 106 valence electrons. The summed E-state index contributed by atoms with van der Waals surface area (Å²) in [5.74, 6) is -0.151. The SMILES string of the molecule is Cc1cc(CNc2ccc(CN(C)C)cc2)ccc1F. The van der Waals surface area contributed by atoms with Crippen LogP contribution >= 0.6 is 0 Å². The van der Waals surface area contributed by atoms with Crippen molar-refractivity contribution in [3.63, 3.8) is 0 Å². The van der Waals surface area contributed by atoms with Crippen molar-refractivity contribution in [2.45, 2.75) is 20.0 Å². The second-order valence-electron chi connectivity index (χ2n) is 5.37. The highest BCUT2D eigenvalue weighted by molar-refractivity contribution is 5.45. The molecule has 0 atom stereocenters. The van der Waals surface area contributed by atoms with Gasteiger partial charge in [0.2, 0.25) is 0 Å². The van der Waals surface area contributed by atoms with Gasteiger partial charge in [0.25, 0.3) is 0 Å². The molecule has 0 radical (unpaired) electrons. The lowest BCUT2D eigenvalue weighted by Crippen LogP contribution is -2.10. The van der Waals surface area contributed by atoms with E-state index in [1.165, 1.54) is 11.6 Å². The third kappa shape index (κ3) is 4.07. The lowest BCUT2D eigenvalue weighted by Gasteiger charge is -2.11. The molecule has 0 aliphatic carbocycles. The molecule has 0 spiro atoms. The molecule has 1 N–H and O–H groups in total. The number of nitrogens with zero attached hydrogens (tertiary/aromatic N) is 1. The first-order chi connectivity index (χ1) is 9.54. The molecule has 0 saturated heterocycles. The van der Waals surface area contributed by atoms with Gasteiger partial charge in [-0.15, -0.1) is 0 Å². The fourth-order valence-electron chi connectivity index (χ4n) is 2.11. The van der Waals surface area contributed by atoms with Crippen molar-refractivity contribution < 1.29 is 4.39 Å². The Morgan fingerprint density at radius 2 is 1.65 bits per heavy atom. The molecular formula is C17H21FN2. The normalized spacial score (nSPS) is 10.8. The molecule has 2 aromatic carbocycles. The molecule has 0 heterocycles. The maximum Gasteiger partial charge on any atom is 0.126 e. The van der Waals surface area contributed by atoms with E-state index >= 15 is 0 Å². The summed E-state index contributed by atoms with van der Waals surface area (Å²) < 4.78 is 13.2. The largest absolute Gasteiger partial charge is 0.381 e. The molecule has 0 unspecified atom stereocenters. The Kier molecular flexibility index (Phi) is 4.74. The average Bonchev–Trinajstić information content (AvgIpc) is 2.41. The molecule has 2 aromatic rings. The molecule has 0 aliphatic rings. The fraction of sp³-hybridized carbons (Fsp3) is 0.294. The minimum Gasteiger partial charge on any atom is -0.381 e. The summed E-state index contributed by atoms with van der Waals surface area (Å²) in [4.78, 5) is 2.14. The number of hydrogen-bond donors (Lipinski definition) is 1. The number of halogens is 1. The Morgan fingerprint density at radius 1 is 1.00 bits per heavy atom. The van der Waals surface area contributed by atoms with Crippen molar-refractivity contribution in [3.8, 4) is 0 Å². The minimum absolute atomic E-state index is 0.151. The number of nitrogens with one attached hydrogen (secondary N) is 1. The van der Waals surface area contributed by atoms with Crippen LogP contribution < -0.4 is 5.32 Å². The summed E-state index contributed by atoms with van der Waals surface area (Å²) in [6, 6.07) is 13.6. The van der Waals surface area contributed by atoms with Crippen molar-refractivity contribution in [2.75, 3.05) is 19.4 Å². The van der Waals surface area contributed by atoms with E-state index in [1.807, 2.05) is 12.1 Å². The second-order valence-corrected chi connectivity index (χ2v) is 5.37. The van der Waals surface area contributed by atoms with Gasteiger partial charge in [-0.3, -0.25) is 0 Å². The molecule has 0 saturated carbocycles. The van der Waals surface area contributed by atoms with Gasteiger partial charge >= 0.3 is 0 Å². The highest BCUT2D eigenvalue weighted by atomic mass is 19.1. The number of aryl methyl sites for hydroxylation is 1. The van der Waals surface area contributed by atoms with Gasteiger partial charge in [-0.05, 0) is 55.9 Å². The summed E-state index contributed by atoms with van der Waals surface area (Å²) in [6.07, 6.45) is 0. The van der Waals surface area contributed by atoms with Gasteiger partial charge in [-0.2, -0.15) is 0 Å². The van der Waals surface area contributed by atoms with Crippen molar-refractivity contribution >= 4 is 5.69 Å². The highest BCUT2D eigenvalue weighted by Crippen LogP contribution is 2.14. The summed E-state index contributed by atoms with van der Waals surface area (Å²) >= 11 is 0. The lowest BCUT2D eigenvalue weighted by molar-refractivity contribution is 0.402. The summed E-state index contributed by atoms with van der Waals surface area (Å²) in [6.45, 7) is 3.43. The summed E-state index contributed by atoms with van der Waals surface area (Å²) in [7, 11) is 4.12. The van der Waals surface area contributed by atoms with Gasteiger partial charge in [0.1, 0.15) is 5.82 Å². The maximum atomic E-state index is 13.2. The van der Waals surface area contributed by atoms with E-state index in [2.05, 4.69) is 48.6 Å². The molecular weight excluding hydrogens is 251 g/mol. The van der Waals surface area contributed by atoms with Crippen LogP contribution in [0.5, 0.6) is 0 Å². The monoisotopic (exact) mass is 272 g/mol. The van der Waals surface area contributed by atoms with Crippen LogP contribution in [0.25, 0.3) is 0 Å². The molecule has 0 bridgehead atoms. The van der Waals surface area contributed by atoms with Gasteiger partial charge in [0, 0.05) is 18.8 Å². The predicted octanol–water partition coefficient (Wildman–Crippen LogP) is 3.81. The van der Waals surface area contributed by atoms with Crippen LogP contribution in [0.4, 0.5) is 10.1 Å². The number of benzene rings is 2. The first kappa shape index (κ1) is 14.5. The Morgan fingerprint density at radius 3 is 2.25 bits per heavy atom. The van der Waals surface area contributed by atoms with Crippen LogP contribution in [0.15, 0.2) is 42.5 Å². The van der Waals surface area contributed by atoms with Crippen molar-refractivity contribution in [1.82, 2.24) is 4.90 Å². The van der Waals surface area contributed by atoms with Crippen LogP contribution in [0, 0.1) is 12.7 Å². The van der Waals surface area contributed by atoms with Crippen LogP contribution in [0.3, 0.4) is 0 Å². The average molecular weight is 272 g/mol. The Hall–Kier alpha value is -1.87. The van der Waals surface area contributed by atoms with Crippen LogP contribution in [0.1, 0.15) is 16.7 Å². The molecule has 20 heavy (non-hydrogen) atoms. The van der Waals surface area contributed by atoms with Gasteiger partial charge in [0.05, 0.1) is 0 Å². The summed E-state index contributed by atoms with van der Waals surface area (Å²) in [5.41, 5.74) is 4.14. The molecule has 0 amide bonds. The Balaban J connectivity index is 1.95. The first-order valence-corrected chi connectivity index (χ1v) is 6.77. The third-order valence-corrected chi connectivity index (χ3v) is 3.17. The van der Waals surface area contributed by atoms with Gasteiger partial charge in [-0.1, -0.05) is 24.3 Å². The zero-order valence-electron chi connectivity index (χ0n) is 12.3. The maximum absolute atomic E-state index is 13.2. The molecule has 3 heteroatoms. The van der Waals surface area contributed by atoms with Crippen molar-refractivity contribution in [3.05, 3.63) is 65.0 Å². The molecule has 2 rings (SSSR count). The standard InChI is InChI=1S/C17H21FN2/c1-13-10-15(6-9-17(13)18)11-19-16-7-4-14(5-8-16)12-20(2)3/h4-10,19H,11-12H2,1-3H3. The minimum atomic E-state index is -0.151. The quantitative estimate of drug-likeness (QED) is 0.890. The van der Waals surface area contributed by atoms with Crippen LogP contribution in [-0.4, -0.2) is 19.0 Å². The van der Waals surface area contributed by atoms with Gasteiger partial charge in [-0.25, -0.2) is 4.39 Å². The Labute approximate surface area is 120 Å². The molecule has 0 aromatic heterocycles. The molecule has 2 nitrogen and oxygen atoms in total. The number of rotatable bonds is 5. The molecule has 0 aliphatic heterocycles. The van der Waals surface area contributed by atoms with E-state index in [1.54, 1.807) is 6.92 Å². The van der Waals surface area contributed by atoms with Gasteiger partial charge in [0.15, 0.2) is 0 Å². The van der Waals surface area contributed by atoms with Crippen molar-refractivity contribution in [1.29, 1.82) is 0 Å². The Bertz CT molecular complexity index is 562. The first-order valence-electron chi connectivity index (χ1n) is 6.77. The molecule has 0 fully saturated rings. The topological polar surface area (TPSA) is 15.3 Å².